The predicted molar refractivity (Wildman–Crippen MR) is 92.5 cm³/mol. The summed E-state index contributed by atoms with van der Waals surface area (Å²) in [6.07, 6.45) is 9.53. The fourth-order valence-electron chi connectivity index (χ4n) is 2.19. The van der Waals surface area contributed by atoms with Crippen molar-refractivity contribution < 1.29 is 0 Å². The van der Waals surface area contributed by atoms with Crippen molar-refractivity contribution in [3.63, 3.8) is 0 Å². The number of unbranched alkanes of at least 4 members (excludes halogenated alkanes) is 5. The van der Waals surface area contributed by atoms with Crippen LogP contribution in [0.2, 0.25) is 0 Å². The highest BCUT2D eigenvalue weighted by atomic mass is 32.2. The van der Waals surface area contributed by atoms with Gasteiger partial charge in [-0.2, -0.15) is 0 Å². The second kappa shape index (κ2) is 12.3. The molecule has 1 N–H and O–H groups in total. The molecule has 1 aromatic rings. The minimum atomic E-state index is 0.996. The molecule has 0 atom stereocenters. The van der Waals surface area contributed by atoms with E-state index in [1.54, 1.807) is 0 Å². The van der Waals surface area contributed by atoms with Crippen molar-refractivity contribution in [1.82, 2.24) is 5.32 Å². The summed E-state index contributed by atoms with van der Waals surface area (Å²) in [5.74, 6) is 1.26. The molecule has 0 aliphatic rings. The molecule has 0 aliphatic heterocycles. The second-order valence-corrected chi connectivity index (χ2v) is 6.61. The van der Waals surface area contributed by atoms with Crippen molar-refractivity contribution in [3.8, 4) is 0 Å². The number of benzene rings is 1. The third-order valence-electron chi connectivity index (χ3n) is 3.45. The van der Waals surface area contributed by atoms with E-state index in [0.717, 1.165) is 13.1 Å². The summed E-state index contributed by atoms with van der Waals surface area (Å²) >= 11 is 2.00. The van der Waals surface area contributed by atoms with Gasteiger partial charge in [-0.15, -0.1) is 11.8 Å². The van der Waals surface area contributed by atoms with E-state index in [0.29, 0.717) is 0 Å². The minimum Gasteiger partial charge on any atom is -0.313 e. The van der Waals surface area contributed by atoms with E-state index in [1.807, 2.05) is 11.8 Å². The van der Waals surface area contributed by atoms with Crippen LogP contribution in [0.3, 0.4) is 0 Å². The summed E-state index contributed by atoms with van der Waals surface area (Å²) in [5.41, 5.74) is 1.39. The molecule has 0 radical (unpaired) electrons. The molecule has 0 spiro atoms. The Labute approximate surface area is 129 Å². The van der Waals surface area contributed by atoms with Crippen LogP contribution in [0.25, 0.3) is 0 Å². The molecule has 1 aromatic carbocycles. The third kappa shape index (κ3) is 8.65. The van der Waals surface area contributed by atoms with Crippen LogP contribution < -0.4 is 5.32 Å². The van der Waals surface area contributed by atoms with Gasteiger partial charge in [-0.25, -0.2) is 0 Å². The zero-order valence-electron chi connectivity index (χ0n) is 13.3. The zero-order valence-corrected chi connectivity index (χ0v) is 14.1. The van der Waals surface area contributed by atoms with E-state index in [-0.39, 0.29) is 0 Å². The van der Waals surface area contributed by atoms with Crippen LogP contribution in [0.1, 0.15) is 64.4 Å². The van der Waals surface area contributed by atoms with Crippen LogP contribution in [0, 0.1) is 0 Å². The van der Waals surface area contributed by atoms with Crippen LogP contribution in [0.5, 0.6) is 0 Å². The average molecular weight is 294 g/mol. The predicted octanol–water partition coefficient (Wildman–Crippen LogP) is 5.64. The first kappa shape index (κ1) is 17.6. The molecule has 0 amide bonds. The number of nitrogens with one attached hydrogen (secondary N) is 1. The van der Waals surface area contributed by atoms with Gasteiger partial charge in [-0.05, 0) is 42.8 Å². The summed E-state index contributed by atoms with van der Waals surface area (Å²) in [5, 5.41) is 3.44. The van der Waals surface area contributed by atoms with Gasteiger partial charge in [-0.1, -0.05) is 58.1 Å². The molecule has 0 aliphatic carbocycles. The Kier molecular flexibility index (Phi) is 10.8. The second-order valence-electron chi connectivity index (χ2n) is 5.44. The van der Waals surface area contributed by atoms with E-state index in [4.69, 9.17) is 0 Å². The van der Waals surface area contributed by atoms with E-state index >= 15 is 0 Å². The van der Waals surface area contributed by atoms with Crippen LogP contribution in [-0.4, -0.2) is 12.3 Å². The number of thioether (sulfide) groups is 1. The van der Waals surface area contributed by atoms with Crippen molar-refractivity contribution in [2.45, 2.75) is 70.2 Å². The molecule has 0 saturated carbocycles. The average Bonchev–Trinajstić information content (AvgIpc) is 2.48. The summed E-state index contributed by atoms with van der Waals surface area (Å²) in [6, 6.07) is 9.05. The Bertz CT molecular complexity index is 321. The van der Waals surface area contributed by atoms with Gasteiger partial charge in [0.25, 0.3) is 0 Å². The highest BCUT2D eigenvalue weighted by Crippen LogP contribution is 2.20. The van der Waals surface area contributed by atoms with Gasteiger partial charge in [0.05, 0.1) is 0 Å². The fourth-order valence-corrected chi connectivity index (χ4v) is 3.10. The van der Waals surface area contributed by atoms with Crippen molar-refractivity contribution in [3.05, 3.63) is 29.8 Å². The molecule has 0 aromatic heterocycles. The largest absolute Gasteiger partial charge is 0.313 e. The molecule has 0 unspecified atom stereocenters. The highest BCUT2D eigenvalue weighted by Gasteiger charge is 1.96. The maximum atomic E-state index is 3.44. The molecule has 0 saturated heterocycles. The van der Waals surface area contributed by atoms with Crippen molar-refractivity contribution >= 4 is 11.8 Å². The monoisotopic (exact) mass is 293 g/mol. The fraction of sp³-hybridized carbons (Fsp3) is 0.667. The van der Waals surface area contributed by atoms with E-state index in [9.17, 15) is 0 Å². The highest BCUT2D eigenvalue weighted by molar-refractivity contribution is 7.99. The summed E-state index contributed by atoms with van der Waals surface area (Å²) in [6.45, 7) is 6.58. The van der Waals surface area contributed by atoms with Gasteiger partial charge in [0.15, 0.2) is 0 Å². The molecule has 0 heterocycles. The maximum absolute atomic E-state index is 3.44. The molecule has 20 heavy (non-hydrogen) atoms. The standard InChI is InChI=1S/C18H31NS/c1-3-5-6-7-8-9-15-20-18-12-10-17(11-13-18)16-19-14-4-2/h10-13,19H,3-9,14-16H2,1-2H3. The van der Waals surface area contributed by atoms with Crippen LogP contribution in [0.15, 0.2) is 29.2 Å². The lowest BCUT2D eigenvalue weighted by Gasteiger charge is -2.05. The first-order chi connectivity index (χ1) is 9.86. The van der Waals surface area contributed by atoms with Gasteiger partial charge < -0.3 is 5.32 Å². The molecule has 0 bridgehead atoms. The number of hydrogen-bond acceptors (Lipinski definition) is 2. The topological polar surface area (TPSA) is 12.0 Å². The van der Waals surface area contributed by atoms with E-state index < -0.39 is 0 Å². The molecular weight excluding hydrogens is 262 g/mol. The van der Waals surface area contributed by atoms with Gasteiger partial charge in [0.2, 0.25) is 0 Å². The first-order valence-electron chi connectivity index (χ1n) is 8.29. The lowest BCUT2D eigenvalue weighted by atomic mass is 10.1. The van der Waals surface area contributed by atoms with E-state index in [2.05, 4.69) is 43.4 Å². The van der Waals surface area contributed by atoms with Crippen molar-refractivity contribution in [1.29, 1.82) is 0 Å². The number of rotatable bonds is 12. The Morgan fingerprint density at radius 3 is 2.25 bits per heavy atom. The molecular formula is C18H31NS. The van der Waals surface area contributed by atoms with E-state index in [1.165, 1.54) is 61.2 Å². The lowest BCUT2D eigenvalue weighted by Crippen LogP contribution is -2.13. The minimum absolute atomic E-state index is 0.996. The summed E-state index contributed by atoms with van der Waals surface area (Å²) in [7, 11) is 0. The van der Waals surface area contributed by atoms with Crippen LogP contribution in [-0.2, 0) is 6.54 Å². The van der Waals surface area contributed by atoms with Crippen LogP contribution in [0.4, 0.5) is 0 Å². The smallest absolute Gasteiger partial charge is 0.0205 e. The third-order valence-corrected chi connectivity index (χ3v) is 4.54. The number of hydrogen-bond donors (Lipinski definition) is 1. The Morgan fingerprint density at radius 2 is 1.55 bits per heavy atom. The molecule has 0 fully saturated rings. The lowest BCUT2D eigenvalue weighted by molar-refractivity contribution is 0.627. The first-order valence-corrected chi connectivity index (χ1v) is 9.27. The quantitative estimate of drug-likeness (QED) is 0.395. The molecule has 2 heteroatoms. The van der Waals surface area contributed by atoms with Gasteiger partial charge >= 0.3 is 0 Å². The molecule has 1 nitrogen and oxygen atoms in total. The normalized spacial score (nSPS) is 10.9. The van der Waals surface area contributed by atoms with Gasteiger partial charge in [0.1, 0.15) is 0 Å². The molecule has 1 rings (SSSR count). The van der Waals surface area contributed by atoms with Crippen LogP contribution >= 0.6 is 11.8 Å². The maximum Gasteiger partial charge on any atom is 0.0205 e. The summed E-state index contributed by atoms with van der Waals surface area (Å²) < 4.78 is 0. The van der Waals surface area contributed by atoms with Crippen molar-refractivity contribution in [2.24, 2.45) is 0 Å². The SMILES string of the molecule is CCCCCCCCSc1ccc(CNCCC)cc1. The Hall–Kier alpha value is -0.470. The van der Waals surface area contributed by atoms with Crippen molar-refractivity contribution in [2.75, 3.05) is 12.3 Å². The Balaban J connectivity index is 2.08. The van der Waals surface area contributed by atoms with Gasteiger partial charge in [-0.3, -0.25) is 0 Å². The summed E-state index contributed by atoms with van der Waals surface area (Å²) in [4.78, 5) is 1.41. The van der Waals surface area contributed by atoms with Gasteiger partial charge in [0, 0.05) is 11.4 Å². The zero-order chi connectivity index (χ0) is 14.5. The molecule has 114 valence electrons. The Morgan fingerprint density at radius 1 is 0.850 bits per heavy atom.